The Bertz CT molecular complexity index is 1050. The molecule has 1 fully saturated rings. The second kappa shape index (κ2) is 8.19. The molecule has 0 bridgehead atoms. The third-order valence-electron chi connectivity index (χ3n) is 5.58. The van der Waals surface area contributed by atoms with Crippen molar-refractivity contribution in [3.05, 3.63) is 64.3 Å². The Morgan fingerprint density at radius 2 is 1.73 bits per heavy atom. The van der Waals surface area contributed by atoms with Gasteiger partial charge in [0.25, 0.3) is 0 Å². The molecule has 0 spiro atoms. The molecule has 1 aromatic heterocycles. The number of phenols is 1. The van der Waals surface area contributed by atoms with E-state index in [2.05, 4.69) is 0 Å². The molecule has 7 nitrogen and oxygen atoms in total. The first-order valence-electron chi connectivity index (χ1n) is 9.68. The van der Waals surface area contributed by atoms with Crippen molar-refractivity contribution in [1.82, 2.24) is 4.57 Å². The lowest BCUT2D eigenvalue weighted by Gasteiger charge is -2.40. The molecule has 0 amide bonds. The molecule has 1 saturated heterocycles. The number of ether oxygens (including phenoxy) is 1. The topological polar surface area (TPSA) is 115 Å². The minimum atomic E-state index is -1.47. The van der Waals surface area contributed by atoms with Gasteiger partial charge in [0.05, 0.1) is 17.1 Å². The first-order chi connectivity index (χ1) is 14.3. The fourth-order valence-electron chi connectivity index (χ4n) is 4.04. The van der Waals surface area contributed by atoms with Crippen molar-refractivity contribution in [3.63, 3.8) is 0 Å². The fourth-order valence-corrected chi connectivity index (χ4v) is 4.43. The Morgan fingerprint density at radius 3 is 2.40 bits per heavy atom. The SMILES string of the molecule is Cc1cc(Cl)c2c(Cc3ccc(O)cc3)cn([C@@H]3O[C@H](CO)[C@@H](O)[C@H](O)[C@H]3O)c2c1. The molecule has 0 saturated carbocycles. The predicted molar refractivity (Wildman–Crippen MR) is 112 cm³/mol. The van der Waals surface area contributed by atoms with Gasteiger partial charge >= 0.3 is 0 Å². The first-order valence-corrected chi connectivity index (χ1v) is 10.1. The van der Waals surface area contributed by atoms with Gasteiger partial charge < -0.3 is 34.8 Å². The van der Waals surface area contributed by atoms with Crippen LogP contribution in [0.3, 0.4) is 0 Å². The van der Waals surface area contributed by atoms with Crippen LogP contribution in [0.1, 0.15) is 22.9 Å². The number of hydrogen-bond donors (Lipinski definition) is 5. The predicted octanol–water partition coefficient (Wildman–Crippen LogP) is 1.87. The van der Waals surface area contributed by atoms with Crippen molar-refractivity contribution in [2.45, 2.75) is 44.0 Å². The highest BCUT2D eigenvalue weighted by atomic mass is 35.5. The number of aryl methyl sites for hydroxylation is 1. The van der Waals surface area contributed by atoms with Crippen molar-refractivity contribution in [3.8, 4) is 5.75 Å². The summed E-state index contributed by atoms with van der Waals surface area (Å²) in [5, 5.41) is 51.3. The molecule has 2 aromatic carbocycles. The van der Waals surface area contributed by atoms with Gasteiger partial charge in [0.1, 0.15) is 30.2 Å². The minimum Gasteiger partial charge on any atom is -0.508 e. The molecule has 5 atom stereocenters. The zero-order valence-corrected chi connectivity index (χ0v) is 17.1. The van der Waals surface area contributed by atoms with Gasteiger partial charge in [-0.15, -0.1) is 0 Å². The summed E-state index contributed by atoms with van der Waals surface area (Å²) in [6.45, 7) is 1.40. The molecule has 0 radical (unpaired) electrons. The summed E-state index contributed by atoms with van der Waals surface area (Å²) < 4.78 is 7.45. The average Bonchev–Trinajstić information content (AvgIpc) is 3.06. The van der Waals surface area contributed by atoms with Crippen LogP contribution in [-0.4, -0.2) is 61.1 Å². The third kappa shape index (κ3) is 3.69. The number of nitrogens with zero attached hydrogens (tertiary/aromatic N) is 1. The molecule has 1 aliphatic rings. The lowest BCUT2D eigenvalue weighted by molar-refractivity contribution is -0.250. The van der Waals surface area contributed by atoms with Gasteiger partial charge in [0.15, 0.2) is 6.23 Å². The van der Waals surface area contributed by atoms with E-state index in [4.69, 9.17) is 16.3 Å². The van der Waals surface area contributed by atoms with Crippen molar-refractivity contribution in [2.24, 2.45) is 0 Å². The van der Waals surface area contributed by atoms with Gasteiger partial charge in [-0.2, -0.15) is 0 Å². The van der Waals surface area contributed by atoms with Gasteiger partial charge in [0.2, 0.25) is 0 Å². The van der Waals surface area contributed by atoms with Gasteiger partial charge in [-0.3, -0.25) is 0 Å². The summed E-state index contributed by atoms with van der Waals surface area (Å²) in [5.74, 6) is 0.177. The average molecular weight is 434 g/mol. The number of phenolic OH excluding ortho intramolecular Hbond substituents is 1. The van der Waals surface area contributed by atoms with Crippen LogP contribution in [0.5, 0.6) is 5.75 Å². The Hall–Kier alpha value is -2.13. The Morgan fingerprint density at radius 1 is 1.03 bits per heavy atom. The van der Waals surface area contributed by atoms with E-state index in [9.17, 15) is 25.5 Å². The largest absolute Gasteiger partial charge is 0.508 e. The smallest absolute Gasteiger partial charge is 0.163 e. The number of aliphatic hydroxyl groups excluding tert-OH is 4. The summed E-state index contributed by atoms with van der Waals surface area (Å²) in [6.07, 6.45) is -4.01. The molecule has 30 heavy (non-hydrogen) atoms. The van der Waals surface area contributed by atoms with Crippen LogP contribution < -0.4 is 0 Å². The molecular weight excluding hydrogens is 410 g/mol. The number of halogens is 1. The maximum atomic E-state index is 10.6. The lowest BCUT2D eigenvalue weighted by atomic mass is 9.98. The van der Waals surface area contributed by atoms with Crippen molar-refractivity contribution < 1.29 is 30.3 Å². The molecule has 4 rings (SSSR count). The molecule has 160 valence electrons. The number of fused-ring (bicyclic) bond motifs is 1. The molecule has 0 unspecified atom stereocenters. The first kappa shape index (κ1) is 21.1. The maximum Gasteiger partial charge on any atom is 0.163 e. The van der Waals surface area contributed by atoms with Crippen molar-refractivity contribution in [2.75, 3.05) is 6.61 Å². The van der Waals surface area contributed by atoms with Crippen LogP contribution in [0.4, 0.5) is 0 Å². The zero-order valence-electron chi connectivity index (χ0n) is 16.3. The van der Waals surface area contributed by atoms with E-state index in [-0.39, 0.29) is 5.75 Å². The lowest BCUT2D eigenvalue weighted by Crippen LogP contribution is -2.56. The second-order valence-electron chi connectivity index (χ2n) is 7.77. The van der Waals surface area contributed by atoms with Gasteiger partial charge in [-0.25, -0.2) is 0 Å². The Labute approximate surface area is 178 Å². The van der Waals surface area contributed by atoms with Crippen molar-refractivity contribution in [1.29, 1.82) is 0 Å². The fraction of sp³-hybridized carbons (Fsp3) is 0.364. The summed E-state index contributed by atoms with van der Waals surface area (Å²) in [7, 11) is 0. The summed E-state index contributed by atoms with van der Waals surface area (Å²) in [5.41, 5.74) is 3.45. The second-order valence-corrected chi connectivity index (χ2v) is 8.17. The number of hydrogen-bond acceptors (Lipinski definition) is 6. The van der Waals surface area contributed by atoms with E-state index in [1.807, 2.05) is 31.2 Å². The molecule has 2 heterocycles. The summed E-state index contributed by atoms with van der Waals surface area (Å²) >= 11 is 6.57. The quantitative estimate of drug-likeness (QED) is 0.429. The van der Waals surface area contributed by atoms with E-state index in [1.165, 1.54) is 0 Å². The van der Waals surface area contributed by atoms with Gasteiger partial charge in [0, 0.05) is 11.6 Å². The Balaban J connectivity index is 1.83. The molecular formula is C22H24ClNO6. The van der Waals surface area contributed by atoms with E-state index in [1.54, 1.807) is 22.9 Å². The van der Waals surface area contributed by atoms with E-state index < -0.39 is 37.3 Å². The monoisotopic (exact) mass is 433 g/mol. The van der Waals surface area contributed by atoms with Gasteiger partial charge in [-0.1, -0.05) is 23.7 Å². The summed E-state index contributed by atoms with van der Waals surface area (Å²) in [4.78, 5) is 0. The molecule has 5 N–H and O–H groups in total. The molecule has 1 aliphatic heterocycles. The molecule has 3 aromatic rings. The van der Waals surface area contributed by atoms with Crippen LogP contribution in [0.15, 0.2) is 42.6 Å². The van der Waals surface area contributed by atoms with Crippen LogP contribution in [0.25, 0.3) is 10.9 Å². The molecule has 0 aliphatic carbocycles. The zero-order chi connectivity index (χ0) is 21.6. The number of rotatable bonds is 4. The molecule has 8 heteroatoms. The number of aliphatic hydroxyl groups is 4. The normalized spacial score (nSPS) is 26.9. The highest BCUT2D eigenvalue weighted by molar-refractivity contribution is 6.35. The van der Waals surface area contributed by atoms with Crippen molar-refractivity contribution >= 4 is 22.5 Å². The van der Waals surface area contributed by atoms with Crippen LogP contribution in [0, 0.1) is 6.92 Å². The van der Waals surface area contributed by atoms with Crippen LogP contribution >= 0.6 is 11.6 Å². The highest BCUT2D eigenvalue weighted by Crippen LogP contribution is 2.37. The number of benzene rings is 2. The maximum absolute atomic E-state index is 10.6. The third-order valence-corrected chi connectivity index (χ3v) is 5.88. The number of aromatic hydroxyl groups is 1. The van der Waals surface area contributed by atoms with E-state index >= 15 is 0 Å². The van der Waals surface area contributed by atoms with Crippen LogP contribution in [-0.2, 0) is 11.2 Å². The standard InChI is InChI=1S/C22H24ClNO6/c1-11-6-15(23)18-13(8-12-2-4-14(26)5-3-12)9-24(16(18)7-11)22-21(29)20(28)19(27)17(10-25)30-22/h2-7,9,17,19-22,25-29H,8,10H2,1H3/t17-,19-,20+,21-,22-/m1/s1. The number of aromatic nitrogens is 1. The van der Waals surface area contributed by atoms with E-state index in [0.29, 0.717) is 17.0 Å². The highest BCUT2D eigenvalue weighted by Gasteiger charge is 2.44. The Kier molecular flexibility index (Phi) is 5.76. The summed E-state index contributed by atoms with van der Waals surface area (Å²) in [6, 6.07) is 10.6. The van der Waals surface area contributed by atoms with Crippen LogP contribution in [0.2, 0.25) is 5.02 Å². The minimum absolute atomic E-state index is 0.177. The van der Waals surface area contributed by atoms with E-state index in [0.717, 1.165) is 22.1 Å². The van der Waals surface area contributed by atoms with Gasteiger partial charge in [-0.05, 0) is 54.3 Å².